The predicted molar refractivity (Wildman–Crippen MR) is 38.9 cm³/mol. The van der Waals surface area contributed by atoms with Crippen molar-refractivity contribution < 1.29 is 0 Å². The Balaban J connectivity index is 3.30. The highest BCUT2D eigenvalue weighted by Gasteiger charge is 1.71. The minimum absolute atomic E-state index is 1.08. The molecule has 0 amide bonds. The monoisotopic (exact) mass is 110 g/mol. The third-order valence-corrected chi connectivity index (χ3v) is 0.898. The summed E-state index contributed by atoms with van der Waals surface area (Å²) in [7, 11) is 0. The van der Waals surface area contributed by atoms with E-state index in [0.717, 1.165) is 6.42 Å². The van der Waals surface area contributed by atoms with Crippen LogP contribution < -0.4 is 0 Å². The molecule has 0 atom stereocenters. The van der Waals surface area contributed by atoms with Gasteiger partial charge in [-0.05, 0) is 27.2 Å². The highest BCUT2D eigenvalue weighted by Crippen LogP contribution is 1.92. The van der Waals surface area contributed by atoms with E-state index in [2.05, 4.69) is 32.1 Å². The fourth-order valence-electron chi connectivity index (χ4n) is 0.440. The first-order valence-corrected chi connectivity index (χ1v) is 3.02. The normalized spacial score (nSPS) is 9.88. The van der Waals surface area contributed by atoms with Gasteiger partial charge in [-0.3, -0.25) is 0 Å². The van der Waals surface area contributed by atoms with Crippen LogP contribution in [-0.4, -0.2) is 0 Å². The molecule has 0 saturated carbocycles. The lowest BCUT2D eigenvalue weighted by Gasteiger charge is -1.83. The van der Waals surface area contributed by atoms with Crippen molar-refractivity contribution in [3.63, 3.8) is 0 Å². The zero-order valence-corrected chi connectivity index (χ0v) is 5.94. The Hall–Kier alpha value is -0.520. The van der Waals surface area contributed by atoms with Gasteiger partial charge in [0.2, 0.25) is 0 Å². The summed E-state index contributed by atoms with van der Waals surface area (Å²) < 4.78 is 0. The quantitative estimate of drug-likeness (QED) is 0.479. The smallest absolute Gasteiger partial charge is 0.0167 e. The maximum absolute atomic E-state index is 2.21. The van der Waals surface area contributed by atoms with Gasteiger partial charge in [-0.2, -0.15) is 0 Å². The average molecular weight is 110 g/mol. The molecule has 0 aliphatic rings. The summed E-state index contributed by atoms with van der Waals surface area (Å²) >= 11 is 0. The van der Waals surface area contributed by atoms with Crippen molar-refractivity contribution >= 4 is 0 Å². The van der Waals surface area contributed by atoms with Crippen molar-refractivity contribution in [2.24, 2.45) is 0 Å². The highest BCUT2D eigenvalue weighted by atomic mass is 13.8. The van der Waals surface area contributed by atoms with Crippen molar-refractivity contribution in [3.05, 3.63) is 23.8 Å². The maximum atomic E-state index is 2.21. The molecule has 0 aromatic rings. The summed E-state index contributed by atoms with van der Waals surface area (Å²) in [4.78, 5) is 0. The van der Waals surface area contributed by atoms with E-state index in [-0.39, 0.29) is 0 Å². The SMILES string of the molecule is CC=CCC=C(C)C. The summed E-state index contributed by atoms with van der Waals surface area (Å²) in [6, 6.07) is 0. The van der Waals surface area contributed by atoms with E-state index < -0.39 is 0 Å². The molecular weight excluding hydrogens is 96.1 g/mol. The first-order chi connectivity index (χ1) is 3.77. The van der Waals surface area contributed by atoms with Gasteiger partial charge in [0, 0.05) is 0 Å². The van der Waals surface area contributed by atoms with Crippen LogP contribution in [0, 0.1) is 0 Å². The molecule has 0 aromatic heterocycles. The highest BCUT2D eigenvalue weighted by molar-refractivity contribution is 4.98. The van der Waals surface area contributed by atoms with Gasteiger partial charge in [-0.1, -0.05) is 23.8 Å². The second-order valence-corrected chi connectivity index (χ2v) is 2.09. The Labute approximate surface area is 51.9 Å². The Morgan fingerprint density at radius 2 is 2.00 bits per heavy atom. The second kappa shape index (κ2) is 4.63. The van der Waals surface area contributed by atoms with Crippen LogP contribution in [0.15, 0.2) is 23.8 Å². The van der Waals surface area contributed by atoms with E-state index in [1.54, 1.807) is 0 Å². The Bertz CT molecular complexity index is 92.6. The van der Waals surface area contributed by atoms with Gasteiger partial charge in [0.05, 0.1) is 0 Å². The molecule has 0 rings (SSSR count). The van der Waals surface area contributed by atoms with Gasteiger partial charge in [0.1, 0.15) is 0 Å². The molecule has 0 saturated heterocycles. The molecule has 0 fully saturated rings. The standard InChI is InChI=1S/C8H14/c1-4-5-6-7-8(2)3/h4-5,7H,6H2,1-3H3. The number of allylic oxidation sites excluding steroid dienone is 4. The van der Waals surface area contributed by atoms with Crippen LogP contribution in [0.2, 0.25) is 0 Å². The van der Waals surface area contributed by atoms with Crippen LogP contribution in [0.25, 0.3) is 0 Å². The molecule has 0 unspecified atom stereocenters. The molecule has 0 bridgehead atoms. The molecule has 8 heavy (non-hydrogen) atoms. The minimum Gasteiger partial charge on any atom is -0.0914 e. The topological polar surface area (TPSA) is 0 Å². The van der Waals surface area contributed by atoms with Crippen molar-refractivity contribution in [1.82, 2.24) is 0 Å². The second-order valence-electron chi connectivity index (χ2n) is 2.09. The summed E-state index contributed by atoms with van der Waals surface area (Å²) in [6.45, 7) is 6.27. The molecule has 0 aliphatic heterocycles. The average Bonchev–Trinajstić information content (AvgIpc) is 1.66. The Morgan fingerprint density at radius 1 is 1.38 bits per heavy atom. The number of rotatable bonds is 2. The molecule has 0 aromatic carbocycles. The number of hydrogen-bond donors (Lipinski definition) is 0. The lowest BCUT2D eigenvalue weighted by Crippen LogP contribution is -1.61. The summed E-state index contributed by atoms with van der Waals surface area (Å²) in [6.07, 6.45) is 7.51. The van der Waals surface area contributed by atoms with Crippen molar-refractivity contribution in [3.8, 4) is 0 Å². The van der Waals surface area contributed by atoms with Gasteiger partial charge < -0.3 is 0 Å². The molecule has 0 heteroatoms. The van der Waals surface area contributed by atoms with Crippen molar-refractivity contribution in [2.75, 3.05) is 0 Å². The zero-order chi connectivity index (χ0) is 6.41. The molecule has 0 nitrogen and oxygen atoms in total. The predicted octanol–water partition coefficient (Wildman–Crippen LogP) is 2.92. The van der Waals surface area contributed by atoms with Crippen LogP contribution >= 0.6 is 0 Å². The molecule has 0 heterocycles. The van der Waals surface area contributed by atoms with E-state index in [4.69, 9.17) is 0 Å². The number of hydrogen-bond acceptors (Lipinski definition) is 0. The first kappa shape index (κ1) is 7.48. The fourth-order valence-corrected chi connectivity index (χ4v) is 0.440. The Morgan fingerprint density at radius 3 is 2.38 bits per heavy atom. The van der Waals surface area contributed by atoms with Gasteiger partial charge >= 0.3 is 0 Å². The van der Waals surface area contributed by atoms with Gasteiger partial charge in [0.15, 0.2) is 0 Å². The summed E-state index contributed by atoms with van der Waals surface area (Å²) in [5.41, 5.74) is 1.39. The van der Waals surface area contributed by atoms with Crippen LogP contribution in [0.5, 0.6) is 0 Å². The van der Waals surface area contributed by atoms with Gasteiger partial charge in [0.25, 0.3) is 0 Å². The first-order valence-electron chi connectivity index (χ1n) is 3.02. The Kier molecular flexibility index (Phi) is 4.33. The van der Waals surface area contributed by atoms with Crippen molar-refractivity contribution in [2.45, 2.75) is 27.2 Å². The van der Waals surface area contributed by atoms with E-state index >= 15 is 0 Å². The molecule has 0 radical (unpaired) electrons. The van der Waals surface area contributed by atoms with E-state index in [1.807, 2.05) is 6.92 Å². The summed E-state index contributed by atoms with van der Waals surface area (Å²) in [5, 5.41) is 0. The lowest BCUT2D eigenvalue weighted by atomic mass is 10.2. The fraction of sp³-hybridized carbons (Fsp3) is 0.500. The molecule has 0 N–H and O–H groups in total. The van der Waals surface area contributed by atoms with Crippen LogP contribution in [0.1, 0.15) is 27.2 Å². The summed E-state index contributed by atoms with van der Waals surface area (Å²) in [5.74, 6) is 0. The maximum Gasteiger partial charge on any atom is -0.0167 e. The van der Waals surface area contributed by atoms with Gasteiger partial charge in [-0.15, -0.1) is 0 Å². The van der Waals surface area contributed by atoms with Gasteiger partial charge in [-0.25, -0.2) is 0 Å². The molecular formula is C8H14. The molecule has 46 valence electrons. The zero-order valence-electron chi connectivity index (χ0n) is 5.94. The third-order valence-electron chi connectivity index (χ3n) is 0.898. The molecule has 0 spiro atoms. The van der Waals surface area contributed by atoms with E-state index in [0.29, 0.717) is 0 Å². The molecule has 0 aliphatic carbocycles. The van der Waals surface area contributed by atoms with Crippen molar-refractivity contribution in [1.29, 1.82) is 0 Å². The van der Waals surface area contributed by atoms with Crippen LogP contribution in [0.3, 0.4) is 0 Å². The van der Waals surface area contributed by atoms with Crippen LogP contribution in [0.4, 0.5) is 0 Å². The van der Waals surface area contributed by atoms with Crippen LogP contribution in [-0.2, 0) is 0 Å². The lowest BCUT2D eigenvalue weighted by molar-refractivity contribution is 1.27. The van der Waals surface area contributed by atoms with E-state index in [9.17, 15) is 0 Å². The van der Waals surface area contributed by atoms with E-state index in [1.165, 1.54) is 5.57 Å². The largest absolute Gasteiger partial charge is 0.0914 e. The minimum atomic E-state index is 1.08. The third kappa shape index (κ3) is 5.48.